The van der Waals surface area contributed by atoms with Gasteiger partial charge in [-0.05, 0) is 24.3 Å². The van der Waals surface area contributed by atoms with Crippen molar-refractivity contribution in [1.82, 2.24) is 5.32 Å². The minimum Gasteiger partial charge on any atom is -0.429 e. The van der Waals surface area contributed by atoms with Crippen LogP contribution in [-0.4, -0.2) is 18.4 Å². The third-order valence-electron chi connectivity index (χ3n) is 4.26. The Kier molecular flexibility index (Phi) is 4.21. The van der Waals surface area contributed by atoms with Gasteiger partial charge in [0.25, 0.3) is 0 Å². The standard InChI is InChI=1S/C16H21NO3/c18-16(19-11-12-6-2-1-3-7-12)20-15-10-13-8-4-5-9-14(13)17-15/h1-3,6-7,13-15,17H,4-5,8-11H2. The maximum Gasteiger partial charge on any atom is 0.510 e. The van der Waals surface area contributed by atoms with Crippen LogP contribution in [0.25, 0.3) is 0 Å². The summed E-state index contributed by atoms with van der Waals surface area (Å²) in [4.78, 5) is 11.7. The lowest BCUT2D eigenvalue weighted by molar-refractivity contribution is 0.0123. The lowest BCUT2D eigenvalue weighted by Gasteiger charge is -2.23. The van der Waals surface area contributed by atoms with Crippen LogP contribution in [0.1, 0.15) is 37.7 Å². The monoisotopic (exact) mass is 275 g/mol. The summed E-state index contributed by atoms with van der Waals surface area (Å²) in [5.74, 6) is 0.663. The largest absolute Gasteiger partial charge is 0.510 e. The van der Waals surface area contributed by atoms with E-state index in [1.165, 1.54) is 25.7 Å². The van der Waals surface area contributed by atoms with Gasteiger partial charge in [0.2, 0.25) is 0 Å². The van der Waals surface area contributed by atoms with E-state index in [1.807, 2.05) is 30.3 Å². The highest BCUT2D eigenvalue weighted by molar-refractivity contribution is 5.60. The molecule has 0 radical (unpaired) electrons. The molecule has 1 aromatic carbocycles. The molecule has 1 saturated heterocycles. The molecule has 1 saturated carbocycles. The number of nitrogens with one attached hydrogen (secondary N) is 1. The number of rotatable bonds is 3. The molecule has 0 amide bonds. The quantitative estimate of drug-likeness (QED) is 0.860. The Morgan fingerprint density at radius 2 is 2.00 bits per heavy atom. The van der Waals surface area contributed by atoms with E-state index in [0.717, 1.165) is 12.0 Å². The second-order valence-corrected chi connectivity index (χ2v) is 5.68. The first-order chi connectivity index (χ1) is 9.81. The maximum absolute atomic E-state index is 11.7. The Bertz CT molecular complexity index is 434. The fourth-order valence-corrected chi connectivity index (χ4v) is 3.24. The maximum atomic E-state index is 11.7. The molecule has 3 atom stereocenters. The van der Waals surface area contributed by atoms with E-state index in [4.69, 9.17) is 9.47 Å². The van der Waals surface area contributed by atoms with Crippen LogP contribution in [-0.2, 0) is 16.1 Å². The number of carbonyl (C=O) groups excluding carboxylic acids is 1. The highest BCUT2D eigenvalue weighted by Gasteiger charge is 2.37. The van der Waals surface area contributed by atoms with E-state index < -0.39 is 6.16 Å². The van der Waals surface area contributed by atoms with E-state index >= 15 is 0 Å². The van der Waals surface area contributed by atoms with Crippen LogP contribution < -0.4 is 5.32 Å². The van der Waals surface area contributed by atoms with Crippen molar-refractivity contribution in [2.24, 2.45) is 5.92 Å². The first-order valence-corrected chi connectivity index (χ1v) is 7.44. The van der Waals surface area contributed by atoms with Gasteiger partial charge in [-0.25, -0.2) is 4.79 Å². The highest BCUT2D eigenvalue weighted by atomic mass is 16.7. The van der Waals surface area contributed by atoms with Gasteiger partial charge in [0, 0.05) is 12.5 Å². The SMILES string of the molecule is O=C(OCc1ccccc1)OC1CC2CCCCC2N1. The summed E-state index contributed by atoms with van der Waals surface area (Å²) in [5, 5.41) is 3.40. The average molecular weight is 275 g/mol. The van der Waals surface area contributed by atoms with Gasteiger partial charge in [-0.15, -0.1) is 0 Å². The molecule has 3 rings (SSSR count). The van der Waals surface area contributed by atoms with Crippen LogP contribution in [0.5, 0.6) is 0 Å². The van der Waals surface area contributed by atoms with Crippen LogP contribution in [0.15, 0.2) is 30.3 Å². The smallest absolute Gasteiger partial charge is 0.429 e. The van der Waals surface area contributed by atoms with Gasteiger partial charge in [-0.1, -0.05) is 43.2 Å². The van der Waals surface area contributed by atoms with E-state index in [2.05, 4.69) is 5.32 Å². The molecule has 2 aliphatic rings. The van der Waals surface area contributed by atoms with Crippen LogP contribution >= 0.6 is 0 Å². The topological polar surface area (TPSA) is 47.6 Å². The van der Waals surface area contributed by atoms with E-state index in [-0.39, 0.29) is 12.8 Å². The van der Waals surface area contributed by atoms with Crippen molar-refractivity contribution in [2.75, 3.05) is 0 Å². The summed E-state index contributed by atoms with van der Waals surface area (Å²) < 4.78 is 10.5. The molecule has 4 nitrogen and oxygen atoms in total. The van der Waals surface area contributed by atoms with E-state index in [9.17, 15) is 4.79 Å². The predicted molar refractivity (Wildman–Crippen MR) is 75.0 cm³/mol. The average Bonchev–Trinajstić information content (AvgIpc) is 2.88. The Hall–Kier alpha value is -1.55. The summed E-state index contributed by atoms with van der Waals surface area (Å²) in [6.07, 6.45) is 5.19. The molecular weight excluding hydrogens is 254 g/mol. The predicted octanol–water partition coefficient (Wildman–Crippen LogP) is 3.22. The number of carbonyl (C=O) groups is 1. The zero-order chi connectivity index (χ0) is 13.8. The van der Waals surface area contributed by atoms with E-state index in [0.29, 0.717) is 12.0 Å². The van der Waals surface area contributed by atoms with Crippen molar-refractivity contribution in [3.63, 3.8) is 0 Å². The van der Waals surface area contributed by atoms with Crippen molar-refractivity contribution < 1.29 is 14.3 Å². The van der Waals surface area contributed by atoms with Crippen LogP contribution in [0.3, 0.4) is 0 Å². The van der Waals surface area contributed by atoms with Crippen LogP contribution in [0, 0.1) is 5.92 Å². The third kappa shape index (κ3) is 3.31. The highest BCUT2D eigenvalue weighted by Crippen LogP contribution is 2.33. The lowest BCUT2D eigenvalue weighted by atomic mass is 9.85. The molecule has 1 heterocycles. The summed E-state index contributed by atoms with van der Waals surface area (Å²) in [6.45, 7) is 0.263. The number of hydrogen-bond acceptors (Lipinski definition) is 4. The molecule has 0 bridgehead atoms. The summed E-state index contributed by atoms with van der Waals surface area (Å²) in [6, 6.07) is 10.2. The van der Waals surface area contributed by atoms with Crippen molar-refractivity contribution in [3.05, 3.63) is 35.9 Å². The molecule has 0 aromatic heterocycles. The number of fused-ring (bicyclic) bond motifs is 1. The van der Waals surface area contributed by atoms with Crippen molar-refractivity contribution >= 4 is 6.16 Å². The molecule has 108 valence electrons. The molecule has 0 spiro atoms. The lowest BCUT2D eigenvalue weighted by Crippen LogP contribution is -2.35. The Balaban J connectivity index is 1.43. The molecule has 4 heteroatoms. The minimum absolute atomic E-state index is 0.175. The molecular formula is C16H21NO3. The van der Waals surface area contributed by atoms with Gasteiger partial charge < -0.3 is 9.47 Å². The zero-order valence-corrected chi connectivity index (χ0v) is 11.6. The number of ether oxygens (including phenoxy) is 2. The zero-order valence-electron chi connectivity index (χ0n) is 11.6. The summed E-state index contributed by atoms with van der Waals surface area (Å²) in [5.41, 5.74) is 0.970. The minimum atomic E-state index is -0.579. The van der Waals surface area contributed by atoms with Gasteiger partial charge in [0.05, 0.1) is 0 Å². The summed E-state index contributed by atoms with van der Waals surface area (Å²) in [7, 11) is 0. The normalized spacial score (nSPS) is 28.7. The molecule has 1 aromatic rings. The molecule has 1 aliphatic heterocycles. The van der Waals surface area contributed by atoms with Gasteiger partial charge in [0.15, 0.2) is 6.23 Å². The van der Waals surface area contributed by atoms with E-state index in [1.54, 1.807) is 0 Å². The Morgan fingerprint density at radius 1 is 1.20 bits per heavy atom. The Labute approximate surface area is 119 Å². The van der Waals surface area contributed by atoms with Gasteiger partial charge in [-0.3, -0.25) is 5.32 Å². The first-order valence-electron chi connectivity index (χ1n) is 7.44. The first kappa shape index (κ1) is 13.4. The van der Waals surface area contributed by atoms with Crippen LogP contribution in [0.4, 0.5) is 4.79 Å². The fourth-order valence-electron chi connectivity index (χ4n) is 3.24. The van der Waals surface area contributed by atoms with Gasteiger partial charge in [-0.2, -0.15) is 0 Å². The third-order valence-corrected chi connectivity index (χ3v) is 4.26. The fraction of sp³-hybridized carbons (Fsp3) is 0.562. The van der Waals surface area contributed by atoms with Crippen molar-refractivity contribution in [2.45, 2.75) is 51.0 Å². The van der Waals surface area contributed by atoms with Crippen molar-refractivity contribution in [3.8, 4) is 0 Å². The Morgan fingerprint density at radius 3 is 2.80 bits per heavy atom. The molecule has 1 N–H and O–H groups in total. The van der Waals surface area contributed by atoms with Crippen molar-refractivity contribution in [1.29, 1.82) is 0 Å². The van der Waals surface area contributed by atoms with Gasteiger partial charge in [0.1, 0.15) is 6.61 Å². The molecule has 1 aliphatic carbocycles. The number of benzene rings is 1. The molecule has 20 heavy (non-hydrogen) atoms. The molecule has 2 fully saturated rings. The summed E-state index contributed by atoms with van der Waals surface area (Å²) >= 11 is 0. The second-order valence-electron chi connectivity index (χ2n) is 5.68. The van der Waals surface area contributed by atoms with Gasteiger partial charge >= 0.3 is 6.16 Å². The number of hydrogen-bond donors (Lipinski definition) is 1. The van der Waals surface area contributed by atoms with Crippen LogP contribution in [0.2, 0.25) is 0 Å². The molecule has 3 unspecified atom stereocenters. The second kappa shape index (κ2) is 6.27.